The number of nitrogens with two attached hydrogens (primary N) is 1. The SMILES string of the molecule is NCCC(O)C(O)c1ccc2cn[nH]c2c1. The molecule has 5 nitrogen and oxygen atoms in total. The van der Waals surface area contributed by atoms with E-state index in [0.717, 1.165) is 10.9 Å². The summed E-state index contributed by atoms with van der Waals surface area (Å²) in [6.45, 7) is 0.352. The van der Waals surface area contributed by atoms with E-state index < -0.39 is 12.2 Å². The van der Waals surface area contributed by atoms with E-state index in [4.69, 9.17) is 5.73 Å². The van der Waals surface area contributed by atoms with Crippen LogP contribution in [0.3, 0.4) is 0 Å². The van der Waals surface area contributed by atoms with Gasteiger partial charge < -0.3 is 15.9 Å². The number of aromatic amines is 1. The Morgan fingerprint density at radius 3 is 2.94 bits per heavy atom. The van der Waals surface area contributed by atoms with Gasteiger partial charge in [0.05, 0.1) is 17.8 Å². The molecule has 0 radical (unpaired) electrons. The van der Waals surface area contributed by atoms with Crippen LogP contribution < -0.4 is 5.73 Å². The number of aliphatic hydroxyl groups excluding tert-OH is 2. The number of aliphatic hydroxyl groups is 2. The quantitative estimate of drug-likeness (QED) is 0.597. The number of benzene rings is 1. The molecular weight excluding hydrogens is 206 g/mol. The summed E-state index contributed by atoms with van der Waals surface area (Å²) < 4.78 is 0. The molecule has 0 fully saturated rings. The molecule has 5 heteroatoms. The molecule has 0 spiro atoms. The van der Waals surface area contributed by atoms with Gasteiger partial charge in [-0.15, -0.1) is 0 Å². The highest BCUT2D eigenvalue weighted by Gasteiger charge is 2.17. The second kappa shape index (κ2) is 4.61. The van der Waals surface area contributed by atoms with Crippen LogP contribution in [0.15, 0.2) is 24.4 Å². The Morgan fingerprint density at radius 2 is 2.19 bits per heavy atom. The smallest absolute Gasteiger partial charge is 0.105 e. The number of nitrogens with one attached hydrogen (secondary N) is 1. The summed E-state index contributed by atoms with van der Waals surface area (Å²) in [5.74, 6) is 0. The molecule has 5 N–H and O–H groups in total. The van der Waals surface area contributed by atoms with Gasteiger partial charge in [0.15, 0.2) is 0 Å². The molecule has 16 heavy (non-hydrogen) atoms. The van der Waals surface area contributed by atoms with Crippen LogP contribution in [0.25, 0.3) is 10.9 Å². The molecule has 2 unspecified atom stereocenters. The lowest BCUT2D eigenvalue weighted by Crippen LogP contribution is -2.21. The number of fused-ring (bicyclic) bond motifs is 1. The Hall–Kier alpha value is -1.43. The normalized spacial score (nSPS) is 15.2. The van der Waals surface area contributed by atoms with Gasteiger partial charge in [-0.25, -0.2) is 0 Å². The summed E-state index contributed by atoms with van der Waals surface area (Å²) in [5.41, 5.74) is 6.84. The summed E-state index contributed by atoms with van der Waals surface area (Å²) in [6.07, 6.45) is 0.353. The third kappa shape index (κ3) is 2.06. The number of aromatic nitrogens is 2. The molecule has 1 aromatic carbocycles. The van der Waals surface area contributed by atoms with Crippen LogP contribution in [-0.2, 0) is 0 Å². The molecule has 2 rings (SSSR count). The minimum absolute atomic E-state index is 0.352. The standard InChI is InChI=1S/C11H15N3O2/c12-4-3-10(15)11(16)7-1-2-8-6-13-14-9(8)5-7/h1-2,5-6,10-11,15-16H,3-4,12H2,(H,13,14). The highest BCUT2D eigenvalue weighted by molar-refractivity contribution is 5.78. The van der Waals surface area contributed by atoms with Crippen molar-refractivity contribution >= 4 is 10.9 Å². The lowest BCUT2D eigenvalue weighted by Gasteiger charge is -2.17. The summed E-state index contributed by atoms with van der Waals surface area (Å²) >= 11 is 0. The summed E-state index contributed by atoms with van der Waals surface area (Å²) in [6, 6.07) is 5.42. The largest absolute Gasteiger partial charge is 0.390 e. The molecule has 1 heterocycles. The van der Waals surface area contributed by atoms with Crippen LogP contribution in [0, 0.1) is 0 Å². The Bertz CT molecular complexity index is 469. The lowest BCUT2D eigenvalue weighted by atomic mass is 10.0. The van der Waals surface area contributed by atoms with Gasteiger partial charge in [-0.1, -0.05) is 12.1 Å². The first-order valence-electron chi connectivity index (χ1n) is 5.21. The molecule has 2 atom stereocenters. The van der Waals surface area contributed by atoms with Crippen molar-refractivity contribution in [1.82, 2.24) is 10.2 Å². The van der Waals surface area contributed by atoms with E-state index in [1.54, 1.807) is 18.3 Å². The van der Waals surface area contributed by atoms with E-state index in [2.05, 4.69) is 10.2 Å². The number of H-pyrrole nitrogens is 1. The average Bonchev–Trinajstić information content (AvgIpc) is 2.75. The second-order valence-corrected chi connectivity index (χ2v) is 3.81. The highest BCUT2D eigenvalue weighted by Crippen LogP contribution is 2.22. The van der Waals surface area contributed by atoms with Crippen molar-refractivity contribution in [2.24, 2.45) is 5.73 Å². The van der Waals surface area contributed by atoms with Crippen LogP contribution in [0.5, 0.6) is 0 Å². The Balaban J connectivity index is 2.24. The molecule has 0 aliphatic heterocycles. The molecule has 0 aliphatic carbocycles. The van der Waals surface area contributed by atoms with Crippen molar-refractivity contribution in [2.75, 3.05) is 6.54 Å². The van der Waals surface area contributed by atoms with E-state index in [1.165, 1.54) is 0 Å². The Morgan fingerprint density at radius 1 is 1.38 bits per heavy atom. The monoisotopic (exact) mass is 221 g/mol. The van der Waals surface area contributed by atoms with Crippen LogP contribution >= 0.6 is 0 Å². The molecule has 0 saturated carbocycles. The van der Waals surface area contributed by atoms with Crippen LogP contribution in [0.2, 0.25) is 0 Å². The van der Waals surface area contributed by atoms with Crippen molar-refractivity contribution in [1.29, 1.82) is 0 Å². The van der Waals surface area contributed by atoms with Crippen molar-refractivity contribution < 1.29 is 10.2 Å². The van der Waals surface area contributed by atoms with E-state index in [1.807, 2.05) is 6.07 Å². The maximum Gasteiger partial charge on any atom is 0.105 e. The molecule has 0 amide bonds. The van der Waals surface area contributed by atoms with Crippen LogP contribution in [0.4, 0.5) is 0 Å². The fourth-order valence-corrected chi connectivity index (χ4v) is 1.69. The highest BCUT2D eigenvalue weighted by atomic mass is 16.3. The third-order valence-corrected chi connectivity index (χ3v) is 2.63. The fraction of sp³-hybridized carbons (Fsp3) is 0.364. The maximum absolute atomic E-state index is 9.88. The topological polar surface area (TPSA) is 95.2 Å². The minimum Gasteiger partial charge on any atom is -0.390 e. The van der Waals surface area contributed by atoms with Crippen LogP contribution in [-0.4, -0.2) is 33.1 Å². The number of hydrogen-bond acceptors (Lipinski definition) is 4. The Labute approximate surface area is 92.9 Å². The van der Waals surface area contributed by atoms with Crippen molar-refractivity contribution in [2.45, 2.75) is 18.6 Å². The van der Waals surface area contributed by atoms with Crippen molar-refractivity contribution in [3.05, 3.63) is 30.0 Å². The van der Waals surface area contributed by atoms with Gasteiger partial charge in [0, 0.05) is 5.39 Å². The van der Waals surface area contributed by atoms with Crippen molar-refractivity contribution in [3.8, 4) is 0 Å². The molecule has 0 saturated heterocycles. The van der Waals surface area contributed by atoms with Crippen LogP contribution in [0.1, 0.15) is 18.1 Å². The number of hydrogen-bond donors (Lipinski definition) is 4. The van der Waals surface area contributed by atoms with E-state index in [-0.39, 0.29) is 0 Å². The first kappa shape index (κ1) is 11.1. The zero-order chi connectivity index (χ0) is 11.5. The number of nitrogens with zero attached hydrogens (tertiary/aromatic N) is 1. The Kier molecular flexibility index (Phi) is 3.19. The third-order valence-electron chi connectivity index (χ3n) is 2.63. The molecule has 86 valence electrons. The van der Waals surface area contributed by atoms with Gasteiger partial charge in [-0.05, 0) is 24.6 Å². The predicted molar refractivity (Wildman–Crippen MR) is 60.7 cm³/mol. The molecule has 1 aromatic heterocycles. The van der Waals surface area contributed by atoms with Gasteiger partial charge in [-0.2, -0.15) is 5.10 Å². The minimum atomic E-state index is -0.906. The number of rotatable bonds is 4. The zero-order valence-corrected chi connectivity index (χ0v) is 8.80. The van der Waals surface area contributed by atoms with Gasteiger partial charge in [0.1, 0.15) is 6.10 Å². The first-order chi connectivity index (χ1) is 7.72. The van der Waals surface area contributed by atoms with Gasteiger partial charge in [0.2, 0.25) is 0 Å². The maximum atomic E-state index is 9.88. The fourth-order valence-electron chi connectivity index (χ4n) is 1.69. The van der Waals surface area contributed by atoms with Gasteiger partial charge in [-0.3, -0.25) is 5.10 Å². The second-order valence-electron chi connectivity index (χ2n) is 3.81. The van der Waals surface area contributed by atoms with E-state index >= 15 is 0 Å². The van der Waals surface area contributed by atoms with Gasteiger partial charge in [0.25, 0.3) is 0 Å². The van der Waals surface area contributed by atoms with E-state index in [0.29, 0.717) is 18.5 Å². The summed E-state index contributed by atoms with van der Waals surface area (Å²) in [7, 11) is 0. The lowest BCUT2D eigenvalue weighted by molar-refractivity contribution is 0.0151. The average molecular weight is 221 g/mol. The predicted octanol–water partition coefficient (Wildman–Crippen LogP) is 0.306. The summed E-state index contributed by atoms with van der Waals surface area (Å²) in [4.78, 5) is 0. The molecule has 2 aromatic rings. The van der Waals surface area contributed by atoms with Gasteiger partial charge >= 0.3 is 0 Å². The molecule has 0 bridgehead atoms. The zero-order valence-electron chi connectivity index (χ0n) is 8.80. The molecular formula is C11H15N3O2. The van der Waals surface area contributed by atoms with Crippen molar-refractivity contribution in [3.63, 3.8) is 0 Å². The molecule has 0 aliphatic rings. The first-order valence-corrected chi connectivity index (χ1v) is 5.21. The van der Waals surface area contributed by atoms with E-state index in [9.17, 15) is 10.2 Å². The summed E-state index contributed by atoms with van der Waals surface area (Å²) in [5, 5.41) is 27.2.